The summed E-state index contributed by atoms with van der Waals surface area (Å²) in [6.07, 6.45) is 2.46. The van der Waals surface area contributed by atoms with Crippen molar-refractivity contribution in [2.24, 2.45) is 0 Å². The molecule has 1 aliphatic rings. The molecule has 1 fully saturated rings. The van der Waals surface area contributed by atoms with E-state index in [0.717, 1.165) is 19.4 Å². The van der Waals surface area contributed by atoms with Crippen LogP contribution in [-0.2, 0) is 0 Å². The predicted molar refractivity (Wildman–Crippen MR) is 76.2 cm³/mol. The highest BCUT2D eigenvalue weighted by atomic mass is 19.1. The number of carbonyl (C=O) groups excluding carboxylic acids is 1. The first-order valence-corrected chi connectivity index (χ1v) is 7.10. The highest BCUT2D eigenvalue weighted by Gasteiger charge is 2.30. The van der Waals surface area contributed by atoms with Crippen molar-refractivity contribution >= 4 is 5.78 Å². The van der Waals surface area contributed by atoms with E-state index in [1.54, 1.807) is 13.8 Å². The monoisotopic (exact) mass is 279 g/mol. The second-order valence-electron chi connectivity index (χ2n) is 6.21. The van der Waals surface area contributed by atoms with Crippen molar-refractivity contribution < 1.29 is 14.3 Å². The smallest absolute Gasteiger partial charge is 0.164 e. The third-order valence-electron chi connectivity index (χ3n) is 3.68. The number of rotatable bonds is 5. The molecule has 1 aliphatic heterocycles. The summed E-state index contributed by atoms with van der Waals surface area (Å²) >= 11 is 0. The molecule has 1 N–H and O–H groups in total. The minimum absolute atomic E-state index is 0.0395. The SMILES string of the molecule is CC(C)(O)CN1CCCC1CC(=O)c1ccc(F)cc1. The maximum atomic E-state index is 12.9. The number of β-amino-alcohol motifs (C(OH)–C–C–N with tert-alkyl or cyclic N) is 1. The lowest BCUT2D eigenvalue weighted by Crippen LogP contribution is -2.42. The van der Waals surface area contributed by atoms with Crippen molar-refractivity contribution in [1.82, 2.24) is 4.90 Å². The zero-order chi connectivity index (χ0) is 14.8. The van der Waals surface area contributed by atoms with E-state index < -0.39 is 5.60 Å². The van der Waals surface area contributed by atoms with E-state index in [0.29, 0.717) is 18.5 Å². The van der Waals surface area contributed by atoms with Crippen molar-refractivity contribution in [3.63, 3.8) is 0 Å². The molecule has 4 heteroatoms. The van der Waals surface area contributed by atoms with E-state index in [1.165, 1.54) is 24.3 Å². The molecule has 0 radical (unpaired) electrons. The van der Waals surface area contributed by atoms with Crippen molar-refractivity contribution in [2.45, 2.75) is 44.8 Å². The zero-order valence-corrected chi connectivity index (χ0v) is 12.1. The summed E-state index contributed by atoms with van der Waals surface area (Å²) in [7, 11) is 0. The molecule has 1 saturated heterocycles. The Morgan fingerprint density at radius 2 is 2.05 bits per heavy atom. The van der Waals surface area contributed by atoms with E-state index in [4.69, 9.17) is 0 Å². The highest BCUT2D eigenvalue weighted by molar-refractivity contribution is 5.96. The Bertz CT molecular complexity index is 464. The number of likely N-dealkylation sites (tertiary alicyclic amines) is 1. The molecule has 0 amide bonds. The van der Waals surface area contributed by atoms with Gasteiger partial charge in [0.1, 0.15) is 5.82 Å². The van der Waals surface area contributed by atoms with Crippen LogP contribution in [0.5, 0.6) is 0 Å². The van der Waals surface area contributed by atoms with Crippen LogP contribution in [0.2, 0.25) is 0 Å². The third-order valence-corrected chi connectivity index (χ3v) is 3.68. The van der Waals surface area contributed by atoms with Gasteiger partial charge in [-0.05, 0) is 57.5 Å². The molecule has 1 aromatic rings. The van der Waals surface area contributed by atoms with Crippen LogP contribution >= 0.6 is 0 Å². The summed E-state index contributed by atoms with van der Waals surface area (Å²) in [5.74, 6) is -0.288. The van der Waals surface area contributed by atoms with Crippen LogP contribution in [0.4, 0.5) is 4.39 Å². The number of carbonyl (C=O) groups is 1. The van der Waals surface area contributed by atoms with E-state index >= 15 is 0 Å². The summed E-state index contributed by atoms with van der Waals surface area (Å²) in [4.78, 5) is 14.4. The van der Waals surface area contributed by atoms with Gasteiger partial charge in [0.15, 0.2) is 5.78 Å². The fraction of sp³-hybridized carbons (Fsp3) is 0.562. The van der Waals surface area contributed by atoms with Crippen LogP contribution in [-0.4, -0.2) is 40.5 Å². The molecule has 0 spiro atoms. The van der Waals surface area contributed by atoms with Crippen LogP contribution in [0.1, 0.15) is 43.5 Å². The number of aliphatic hydroxyl groups is 1. The lowest BCUT2D eigenvalue weighted by molar-refractivity contribution is 0.0305. The van der Waals surface area contributed by atoms with Gasteiger partial charge >= 0.3 is 0 Å². The number of Topliss-reactive ketones (excluding diaryl/α,β-unsaturated/α-hetero) is 1. The number of ketones is 1. The molecule has 20 heavy (non-hydrogen) atoms. The predicted octanol–water partition coefficient (Wildman–Crippen LogP) is 2.63. The normalized spacial score (nSPS) is 20.3. The van der Waals surface area contributed by atoms with Gasteiger partial charge in [0.05, 0.1) is 5.60 Å². The molecule has 3 nitrogen and oxygen atoms in total. The largest absolute Gasteiger partial charge is 0.389 e. The fourth-order valence-corrected chi connectivity index (χ4v) is 2.80. The lowest BCUT2D eigenvalue weighted by atomic mass is 10.0. The highest BCUT2D eigenvalue weighted by Crippen LogP contribution is 2.23. The number of nitrogens with zero attached hydrogens (tertiary/aromatic N) is 1. The molecular weight excluding hydrogens is 257 g/mol. The molecule has 1 heterocycles. The Labute approximate surface area is 119 Å². The van der Waals surface area contributed by atoms with E-state index in [-0.39, 0.29) is 17.6 Å². The van der Waals surface area contributed by atoms with Crippen LogP contribution < -0.4 is 0 Å². The molecule has 0 aliphatic carbocycles. The molecule has 0 bridgehead atoms. The van der Waals surface area contributed by atoms with Crippen LogP contribution in [0, 0.1) is 5.82 Å². The first kappa shape index (κ1) is 15.1. The van der Waals surface area contributed by atoms with Crippen LogP contribution in [0.25, 0.3) is 0 Å². The minimum Gasteiger partial charge on any atom is -0.389 e. The van der Waals surface area contributed by atoms with Crippen molar-refractivity contribution in [3.05, 3.63) is 35.6 Å². The standard InChI is InChI=1S/C16H22FNO2/c1-16(2,20)11-18-9-3-4-14(18)10-15(19)12-5-7-13(17)8-6-12/h5-8,14,20H,3-4,9-11H2,1-2H3. The topological polar surface area (TPSA) is 40.5 Å². The Morgan fingerprint density at radius 1 is 1.40 bits per heavy atom. The summed E-state index contributed by atoms with van der Waals surface area (Å²) in [6, 6.07) is 5.88. The molecule has 1 atom stereocenters. The van der Waals surface area contributed by atoms with Gasteiger partial charge in [0, 0.05) is 24.6 Å². The second kappa shape index (κ2) is 6.02. The third kappa shape index (κ3) is 4.12. The Morgan fingerprint density at radius 3 is 2.65 bits per heavy atom. The van der Waals surface area contributed by atoms with E-state index in [1.807, 2.05) is 0 Å². The van der Waals surface area contributed by atoms with Gasteiger partial charge in [0.25, 0.3) is 0 Å². The summed E-state index contributed by atoms with van der Waals surface area (Å²) in [5.41, 5.74) is -0.192. The van der Waals surface area contributed by atoms with E-state index in [9.17, 15) is 14.3 Å². The van der Waals surface area contributed by atoms with Crippen molar-refractivity contribution in [1.29, 1.82) is 0 Å². The molecule has 1 unspecified atom stereocenters. The van der Waals surface area contributed by atoms with Gasteiger partial charge in [-0.2, -0.15) is 0 Å². The van der Waals surface area contributed by atoms with E-state index in [2.05, 4.69) is 4.90 Å². The molecule has 0 saturated carbocycles. The van der Waals surface area contributed by atoms with Gasteiger partial charge in [-0.25, -0.2) is 4.39 Å². The lowest BCUT2D eigenvalue weighted by Gasteiger charge is -2.30. The molecule has 2 rings (SSSR count). The first-order valence-electron chi connectivity index (χ1n) is 7.10. The molecular formula is C16H22FNO2. The van der Waals surface area contributed by atoms with Gasteiger partial charge in [-0.3, -0.25) is 9.69 Å². The molecule has 1 aromatic carbocycles. The van der Waals surface area contributed by atoms with Crippen molar-refractivity contribution in [3.8, 4) is 0 Å². The Hall–Kier alpha value is -1.26. The average Bonchev–Trinajstić information content (AvgIpc) is 2.75. The molecule has 0 aromatic heterocycles. The van der Waals surface area contributed by atoms with Crippen LogP contribution in [0.15, 0.2) is 24.3 Å². The zero-order valence-electron chi connectivity index (χ0n) is 12.1. The quantitative estimate of drug-likeness (QED) is 0.842. The fourth-order valence-electron chi connectivity index (χ4n) is 2.80. The second-order valence-corrected chi connectivity index (χ2v) is 6.21. The first-order chi connectivity index (χ1) is 9.35. The van der Waals surface area contributed by atoms with Gasteiger partial charge < -0.3 is 5.11 Å². The van der Waals surface area contributed by atoms with Gasteiger partial charge in [-0.15, -0.1) is 0 Å². The Kier molecular flexibility index (Phi) is 4.55. The van der Waals surface area contributed by atoms with Gasteiger partial charge in [0.2, 0.25) is 0 Å². The Balaban J connectivity index is 1.98. The number of hydrogen-bond donors (Lipinski definition) is 1. The van der Waals surface area contributed by atoms with Crippen molar-refractivity contribution in [2.75, 3.05) is 13.1 Å². The average molecular weight is 279 g/mol. The summed E-state index contributed by atoms with van der Waals surface area (Å²) in [5, 5.41) is 9.91. The maximum Gasteiger partial charge on any atom is 0.164 e. The molecule has 110 valence electrons. The maximum absolute atomic E-state index is 12.9. The summed E-state index contributed by atoms with van der Waals surface area (Å²) < 4.78 is 12.9. The minimum atomic E-state index is -0.748. The number of halogens is 1. The number of hydrogen-bond acceptors (Lipinski definition) is 3. The number of benzene rings is 1. The van der Waals surface area contributed by atoms with Gasteiger partial charge in [-0.1, -0.05) is 0 Å². The summed E-state index contributed by atoms with van der Waals surface area (Å²) in [6.45, 7) is 5.06. The van der Waals surface area contributed by atoms with Crippen LogP contribution in [0.3, 0.4) is 0 Å².